The van der Waals surface area contributed by atoms with Gasteiger partial charge < -0.3 is 9.47 Å². The normalized spacial score (nSPS) is 33.6. The fourth-order valence-corrected chi connectivity index (χ4v) is 2.88. The summed E-state index contributed by atoms with van der Waals surface area (Å²) in [6.45, 7) is 4.31. The molecule has 0 N–H and O–H groups in total. The van der Waals surface area contributed by atoms with E-state index in [9.17, 15) is 0 Å². The maximum atomic E-state index is 5.84. The number of ether oxygens (including phenoxy) is 2. The minimum absolute atomic E-state index is 0.525. The Balaban J connectivity index is 1.63. The van der Waals surface area contributed by atoms with Gasteiger partial charge in [0.2, 0.25) is 0 Å². The second kappa shape index (κ2) is 6.61. The molecule has 0 radical (unpaired) electrons. The molecule has 94 valence electrons. The van der Waals surface area contributed by atoms with Crippen LogP contribution in [-0.2, 0) is 9.47 Å². The van der Waals surface area contributed by atoms with E-state index in [0.29, 0.717) is 18.1 Å². The van der Waals surface area contributed by atoms with Crippen LogP contribution in [0.5, 0.6) is 0 Å². The molecule has 2 saturated heterocycles. The molecule has 3 atom stereocenters. The van der Waals surface area contributed by atoms with Crippen molar-refractivity contribution in [2.75, 3.05) is 13.2 Å². The molecule has 0 aromatic heterocycles. The maximum absolute atomic E-state index is 5.84. The minimum atomic E-state index is 0.525. The van der Waals surface area contributed by atoms with Crippen molar-refractivity contribution in [1.29, 1.82) is 0 Å². The molecule has 2 aliphatic rings. The Bertz CT molecular complexity index is 181. The van der Waals surface area contributed by atoms with Gasteiger partial charge in [-0.25, -0.2) is 0 Å². The van der Waals surface area contributed by atoms with Crippen LogP contribution < -0.4 is 0 Å². The molecule has 2 nitrogen and oxygen atoms in total. The van der Waals surface area contributed by atoms with E-state index < -0.39 is 0 Å². The third-order valence-corrected chi connectivity index (χ3v) is 4.07. The molecule has 2 aliphatic heterocycles. The molecule has 0 amide bonds. The Morgan fingerprint density at radius 2 is 1.75 bits per heavy atom. The summed E-state index contributed by atoms with van der Waals surface area (Å²) in [6, 6.07) is 0. The fraction of sp³-hybridized carbons (Fsp3) is 1.00. The highest BCUT2D eigenvalue weighted by Gasteiger charge is 2.22. The van der Waals surface area contributed by atoms with Crippen molar-refractivity contribution in [2.24, 2.45) is 5.92 Å². The lowest BCUT2D eigenvalue weighted by Crippen LogP contribution is -2.28. The van der Waals surface area contributed by atoms with Gasteiger partial charge in [-0.3, -0.25) is 0 Å². The summed E-state index contributed by atoms with van der Waals surface area (Å²) >= 11 is 0. The molecule has 0 saturated carbocycles. The zero-order valence-corrected chi connectivity index (χ0v) is 10.6. The molecular weight excluding hydrogens is 200 g/mol. The number of rotatable bonds is 4. The van der Waals surface area contributed by atoms with Crippen molar-refractivity contribution in [3.63, 3.8) is 0 Å². The third-order valence-electron chi connectivity index (χ3n) is 4.07. The van der Waals surface area contributed by atoms with Gasteiger partial charge in [-0.2, -0.15) is 0 Å². The first-order valence-corrected chi connectivity index (χ1v) is 7.09. The van der Waals surface area contributed by atoms with Crippen LogP contribution in [0.15, 0.2) is 0 Å². The van der Waals surface area contributed by atoms with Crippen molar-refractivity contribution in [2.45, 2.75) is 70.5 Å². The van der Waals surface area contributed by atoms with Crippen molar-refractivity contribution >= 4 is 0 Å². The van der Waals surface area contributed by atoms with Crippen LogP contribution in [0.3, 0.4) is 0 Å². The number of hydrogen-bond acceptors (Lipinski definition) is 2. The molecule has 2 heterocycles. The van der Waals surface area contributed by atoms with Crippen molar-refractivity contribution in [3.05, 3.63) is 0 Å². The van der Waals surface area contributed by atoms with Gasteiger partial charge in [0.1, 0.15) is 0 Å². The molecule has 16 heavy (non-hydrogen) atoms. The molecule has 0 spiro atoms. The lowest BCUT2D eigenvalue weighted by Gasteiger charge is -2.30. The Kier molecular flexibility index (Phi) is 5.11. The summed E-state index contributed by atoms with van der Waals surface area (Å²) in [5, 5.41) is 0. The largest absolute Gasteiger partial charge is 0.378 e. The summed E-state index contributed by atoms with van der Waals surface area (Å²) in [7, 11) is 0. The Morgan fingerprint density at radius 3 is 2.38 bits per heavy atom. The third kappa shape index (κ3) is 3.74. The van der Waals surface area contributed by atoms with Gasteiger partial charge in [-0.15, -0.1) is 0 Å². The second-order valence-corrected chi connectivity index (χ2v) is 5.45. The molecule has 2 fully saturated rings. The van der Waals surface area contributed by atoms with Crippen LogP contribution in [-0.4, -0.2) is 25.4 Å². The first-order chi connectivity index (χ1) is 7.86. The van der Waals surface area contributed by atoms with Gasteiger partial charge in [-0.1, -0.05) is 6.92 Å². The van der Waals surface area contributed by atoms with Crippen LogP contribution >= 0.6 is 0 Å². The SMILES string of the molecule is CC(CCC1CCCCO1)C1CCCCO1. The lowest BCUT2D eigenvalue weighted by molar-refractivity contribution is -0.0298. The van der Waals surface area contributed by atoms with Crippen LogP contribution in [0.2, 0.25) is 0 Å². The highest BCUT2D eigenvalue weighted by Crippen LogP contribution is 2.26. The Morgan fingerprint density at radius 1 is 1.00 bits per heavy atom. The van der Waals surface area contributed by atoms with E-state index in [-0.39, 0.29) is 0 Å². The zero-order valence-electron chi connectivity index (χ0n) is 10.6. The zero-order chi connectivity index (χ0) is 11.2. The molecule has 2 heteroatoms. The first-order valence-electron chi connectivity index (χ1n) is 7.09. The van der Waals surface area contributed by atoms with Gasteiger partial charge in [0.15, 0.2) is 0 Å². The fourth-order valence-electron chi connectivity index (χ4n) is 2.88. The predicted molar refractivity (Wildman–Crippen MR) is 65.6 cm³/mol. The highest BCUT2D eigenvalue weighted by atomic mass is 16.5. The minimum Gasteiger partial charge on any atom is -0.378 e. The summed E-state index contributed by atoms with van der Waals surface area (Å²) in [5.41, 5.74) is 0. The monoisotopic (exact) mass is 226 g/mol. The summed E-state index contributed by atoms with van der Waals surface area (Å²) in [4.78, 5) is 0. The van der Waals surface area contributed by atoms with Gasteiger partial charge >= 0.3 is 0 Å². The van der Waals surface area contributed by atoms with E-state index in [1.54, 1.807) is 0 Å². The van der Waals surface area contributed by atoms with Crippen molar-refractivity contribution < 1.29 is 9.47 Å². The molecule has 0 aromatic rings. The standard InChI is InChI=1S/C14H26O2/c1-12(14-7-3-5-11-16-14)8-9-13-6-2-4-10-15-13/h12-14H,2-11H2,1H3. The molecule has 0 aromatic carbocycles. The molecule has 0 aliphatic carbocycles. The van der Waals surface area contributed by atoms with Crippen molar-refractivity contribution in [1.82, 2.24) is 0 Å². The quantitative estimate of drug-likeness (QED) is 0.730. The smallest absolute Gasteiger partial charge is 0.0600 e. The van der Waals surface area contributed by atoms with E-state index in [4.69, 9.17) is 9.47 Å². The molecule has 3 unspecified atom stereocenters. The van der Waals surface area contributed by atoms with E-state index >= 15 is 0 Å². The lowest BCUT2D eigenvalue weighted by atomic mass is 9.91. The highest BCUT2D eigenvalue weighted by molar-refractivity contribution is 4.73. The van der Waals surface area contributed by atoms with Gasteiger partial charge in [0, 0.05) is 13.2 Å². The van der Waals surface area contributed by atoms with Crippen LogP contribution in [0, 0.1) is 5.92 Å². The van der Waals surface area contributed by atoms with E-state index in [1.807, 2.05) is 0 Å². The van der Waals surface area contributed by atoms with E-state index in [1.165, 1.54) is 51.4 Å². The van der Waals surface area contributed by atoms with Gasteiger partial charge in [-0.05, 0) is 57.3 Å². The van der Waals surface area contributed by atoms with E-state index in [2.05, 4.69) is 6.92 Å². The van der Waals surface area contributed by atoms with Crippen LogP contribution in [0.25, 0.3) is 0 Å². The summed E-state index contributed by atoms with van der Waals surface area (Å²) in [5.74, 6) is 0.714. The average Bonchev–Trinajstić information content (AvgIpc) is 2.38. The summed E-state index contributed by atoms with van der Waals surface area (Å²) in [6.07, 6.45) is 11.4. The van der Waals surface area contributed by atoms with E-state index in [0.717, 1.165) is 13.2 Å². The number of hydrogen-bond donors (Lipinski definition) is 0. The average molecular weight is 226 g/mol. The molecule has 0 bridgehead atoms. The topological polar surface area (TPSA) is 18.5 Å². The second-order valence-electron chi connectivity index (χ2n) is 5.45. The molecule has 2 rings (SSSR count). The maximum Gasteiger partial charge on any atom is 0.0600 e. The predicted octanol–water partition coefficient (Wildman–Crippen LogP) is 3.54. The van der Waals surface area contributed by atoms with Crippen LogP contribution in [0.1, 0.15) is 58.3 Å². The Hall–Kier alpha value is -0.0800. The van der Waals surface area contributed by atoms with Crippen LogP contribution in [0.4, 0.5) is 0 Å². The molecular formula is C14H26O2. The van der Waals surface area contributed by atoms with Gasteiger partial charge in [0.05, 0.1) is 12.2 Å². The summed E-state index contributed by atoms with van der Waals surface area (Å²) < 4.78 is 11.6. The van der Waals surface area contributed by atoms with Gasteiger partial charge in [0.25, 0.3) is 0 Å². The van der Waals surface area contributed by atoms with Crippen molar-refractivity contribution in [3.8, 4) is 0 Å². The Labute approximate surface area is 99.7 Å². The first kappa shape index (κ1) is 12.4.